The second kappa shape index (κ2) is 3.56. The van der Waals surface area contributed by atoms with E-state index in [1.807, 2.05) is 6.08 Å². The molecule has 53 valence electrons. The first kappa shape index (κ1) is 7.54. The van der Waals surface area contributed by atoms with E-state index < -0.39 is 0 Å². The highest BCUT2D eigenvalue weighted by Crippen LogP contribution is 2.28. The molecule has 1 aliphatic rings. The first-order valence-electron chi connectivity index (χ1n) is 3.27. The highest BCUT2D eigenvalue weighted by molar-refractivity contribution is 8.03. The van der Waals surface area contributed by atoms with Crippen molar-refractivity contribution in [1.29, 1.82) is 0 Å². The summed E-state index contributed by atoms with van der Waals surface area (Å²) in [5, 5.41) is 4.30. The van der Waals surface area contributed by atoms with Crippen LogP contribution in [0.1, 0.15) is 13.3 Å². The Balaban J connectivity index is 2.58. The van der Waals surface area contributed by atoms with Crippen molar-refractivity contribution < 1.29 is 0 Å². The van der Waals surface area contributed by atoms with Gasteiger partial charge in [0.2, 0.25) is 0 Å². The van der Waals surface area contributed by atoms with E-state index in [1.54, 1.807) is 17.8 Å². The number of nitrogens with zero attached hydrogens (tertiary/aromatic N) is 2. The highest BCUT2D eigenvalue weighted by atomic mass is 32.2. The van der Waals surface area contributed by atoms with Crippen LogP contribution >= 0.6 is 11.8 Å². The number of rotatable bonds is 2. The van der Waals surface area contributed by atoms with Crippen LogP contribution in [-0.2, 0) is 0 Å². The average Bonchev–Trinajstić information content (AvgIpc) is 2.05. The summed E-state index contributed by atoms with van der Waals surface area (Å²) in [4.78, 5) is 0. The molecule has 0 aromatic heterocycles. The van der Waals surface area contributed by atoms with Crippen LogP contribution < -0.4 is 5.53 Å². The van der Waals surface area contributed by atoms with Crippen LogP contribution in [0.4, 0.5) is 0 Å². The summed E-state index contributed by atoms with van der Waals surface area (Å²) in [6.45, 7) is 2.11. The molecule has 3 heteroatoms. The lowest BCUT2D eigenvalue weighted by Crippen LogP contribution is -1.97. The summed E-state index contributed by atoms with van der Waals surface area (Å²) < 4.78 is 0. The van der Waals surface area contributed by atoms with Gasteiger partial charge in [0.1, 0.15) is 5.03 Å². The molecule has 1 heterocycles. The normalized spacial score (nSPS) is 24.1. The van der Waals surface area contributed by atoms with Crippen LogP contribution in [0, 0.1) is 0 Å². The molecule has 2 nitrogen and oxygen atoms in total. The summed E-state index contributed by atoms with van der Waals surface area (Å²) in [5.41, 5.74) is 8.41. The smallest absolute Gasteiger partial charge is 0.121 e. The lowest BCUT2D eigenvalue weighted by molar-refractivity contribution is 0.974. The lowest BCUT2D eigenvalue weighted by atomic mass is 10.3. The summed E-state index contributed by atoms with van der Waals surface area (Å²) in [6.07, 6.45) is 6.92. The van der Waals surface area contributed by atoms with E-state index in [-0.39, 0.29) is 0 Å². The molecule has 1 aliphatic heterocycles. The van der Waals surface area contributed by atoms with Crippen molar-refractivity contribution in [3.05, 3.63) is 23.3 Å². The maximum absolute atomic E-state index is 8.41. The molecule has 0 aromatic rings. The van der Waals surface area contributed by atoms with E-state index >= 15 is 0 Å². The standard InChI is InChI=1S/C7H9N2S/c1-2-6-4-3-5-7(9-8)10-6/h3-6H,2H2,1H3. The maximum atomic E-state index is 8.41. The Hall–Kier alpha value is -0.570. The molecule has 0 saturated carbocycles. The van der Waals surface area contributed by atoms with Gasteiger partial charge in [0, 0.05) is 5.25 Å². The minimum Gasteiger partial charge on any atom is -0.122 e. The van der Waals surface area contributed by atoms with E-state index in [4.69, 9.17) is 5.53 Å². The van der Waals surface area contributed by atoms with E-state index in [0.717, 1.165) is 6.42 Å². The van der Waals surface area contributed by atoms with Crippen molar-refractivity contribution in [2.75, 3.05) is 0 Å². The average molecular weight is 153 g/mol. The van der Waals surface area contributed by atoms with Gasteiger partial charge in [0.05, 0.1) is 0 Å². The largest absolute Gasteiger partial charge is 0.122 e. The fourth-order valence-corrected chi connectivity index (χ4v) is 1.62. The van der Waals surface area contributed by atoms with Crippen molar-refractivity contribution >= 4 is 11.8 Å². The van der Waals surface area contributed by atoms with Gasteiger partial charge >= 0.3 is 0 Å². The predicted octanol–water partition coefficient (Wildman–Crippen LogP) is 2.16. The van der Waals surface area contributed by atoms with Gasteiger partial charge in [-0.25, -0.2) is 0 Å². The van der Waals surface area contributed by atoms with Crippen molar-refractivity contribution in [1.82, 2.24) is 5.53 Å². The first-order chi connectivity index (χ1) is 4.86. The van der Waals surface area contributed by atoms with E-state index in [2.05, 4.69) is 18.1 Å². The van der Waals surface area contributed by atoms with Crippen LogP contribution in [0.3, 0.4) is 0 Å². The molecule has 1 radical (unpaired) electrons. The van der Waals surface area contributed by atoms with E-state index in [0.29, 0.717) is 10.3 Å². The zero-order chi connectivity index (χ0) is 7.40. The molecule has 1 unspecified atom stereocenters. The Kier molecular flexibility index (Phi) is 2.68. The molecule has 0 fully saturated rings. The molecule has 1 rings (SSSR count). The molecule has 0 aromatic carbocycles. The third-order valence-electron chi connectivity index (χ3n) is 1.34. The number of hydrogen-bond donors (Lipinski definition) is 0. The van der Waals surface area contributed by atoms with Crippen LogP contribution in [0.5, 0.6) is 0 Å². The minimum absolute atomic E-state index is 0.482. The second-order valence-corrected chi connectivity index (χ2v) is 3.31. The summed E-state index contributed by atoms with van der Waals surface area (Å²) >= 11 is 1.59. The molecular formula is C7H9N2S. The zero-order valence-corrected chi connectivity index (χ0v) is 6.64. The van der Waals surface area contributed by atoms with Crippen LogP contribution in [0.15, 0.2) is 28.4 Å². The Morgan fingerprint density at radius 1 is 1.80 bits per heavy atom. The van der Waals surface area contributed by atoms with Gasteiger partial charge in [-0.2, -0.15) is 0 Å². The molecule has 0 N–H and O–H groups in total. The third-order valence-corrected chi connectivity index (χ3v) is 2.59. The second-order valence-electron chi connectivity index (χ2n) is 2.05. The van der Waals surface area contributed by atoms with Crippen LogP contribution in [-0.4, -0.2) is 5.25 Å². The van der Waals surface area contributed by atoms with E-state index in [9.17, 15) is 0 Å². The molecule has 10 heavy (non-hydrogen) atoms. The van der Waals surface area contributed by atoms with Gasteiger partial charge in [-0.05, 0) is 18.0 Å². The van der Waals surface area contributed by atoms with Crippen LogP contribution in [0.25, 0.3) is 0 Å². The van der Waals surface area contributed by atoms with Crippen molar-refractivity contribution in [3.63, 3.8) is 0 Å². The third kappa shape index (κ3) is 1.70. The van der Waals surface area contributed by atoms with Gasteiger partial charge in [-0.3, -0.25) is 0 Å². The Morgan fingerprint density at radius 3 is 3.20 bits per heavy atom. The predicted molar refractivity (Wildman–Crippen MR) is 43.5 cm³/mol. The molecule has 0 saturated heterocycles. The van der Waals surface area contributed by atoms with E-state index in [1.165, 1.54) is 0 Å². The minimum atomic E-state index is 0.482. The number of hydrogen-bond acceptors (Lipinski definition) is 2. The number of allylic oxidation sites excluding steroid dienone is 2. The SMILES string of the molecule is CCC1C=CC=C(N=[N])S1. The summed E-state index contributed by atoms with van der Waals surface area (Å²) in [6, 6.07) is 0. The van der Waals surface area contributed by atoms with Gasteiger partial charge < -0.3 is 0 Å². The first-order valence-corrected chi connectivity index (χ1v) is 4.15. The van der Waals surface area contributed by atoms with Gasteiger partial charge in [0.15, 0.2) is 0 Å². The number of thioether (sulfide) groups is 1. The fourth-order valence-electron chi connectivity index (χ4n) is 0.772. The molecule has 0 bridgehead atoms. The van der Waals surface area contributed by atoms with Crippen molar-refractivity contribution in [2.24, 2.45) is 5.11 Å². The molecule has 0 amide bonds. The molecule has 1 atom stereocenters. The van der Waals surface area contributed by atoms with Crippen LogP contribution in [0.2, 0.25) is 0 Å². The molecule has 0 spiro atoms. The summed E-state index contributed by atoms with van der Waals surface area (Å²) in [7, 11) is 0. The summed E-state index contributed by atoms with van der Waals surface area (Å²) in [5.74, 6) is 0. The van der Waals surface area contributed by atoms with Gasteiger partial charge in [-0.15, -0.1) is 5.11 Å². The topological polar surface area (TPSA) is 34.7 Å². The highest BCUT2D eigenvalue weighted by Gasteiger charge is 2.08. The zero-order valence-electron chi connectivity index (χ0n) is 5.82. The monoisotopic (exact) mass is 153 g/mol. The van der Waals surface area contributed by atoms with Crippen molar-refractivity contribution in [3.8, 4) is 0 Å². The molecule has 0 aliphatic carbocycles. The maximum Gasteiger partial charge on any atom is 0.121 e. The molecular weight excluding hydrogens is 144 g/mol. The fraction of sp³-hybridized carbons (Fsp3) is 0.429. The lowest BCUT2D eigenvalue weighted by Gasteiger charge is -2.10. The van der Waals surface area contributed by atoms with Gasteiger partial charge in [0.25, 0.3) is 0 Å². The Bertz CT molecular complexity index is 184. The van der Waals surface area contributed by atoms with Gasteiger partial charge in [-0.1, -0.05) is 30.8 Å². The Labute approximate surface area is 64.9 Å². The quantitative estimate of drug-likeness (QED) is 0.560. The van der Waals surface area contributed by atoms with Crippen molar-refractivity contribution in [2.45, 2.75) is 18.6 Å². The Morgan fingerprint density at radius 2 is 2.60 bits per heavy atom.